The first-order valence-electron chi connectivity index (χ1n) is 4.92. The number of hydrogen-bond acceptors (Lipinski definition) is 5. The van der Waals surface area contributed by atoms with Crippen molar-refractivity contribution in [2.45, 2.75) is 18.9 Å². The highest BCUT2D eigenvalue weighted by Crippen LogP contribution is 2.40. The van der Waals surface area contributed by atoms with E-state index in [9.17, 15) is 9.59 Å². The van der Waals surface area contributed by atoms with E-state index in [1.807, 2.05) is 0 Å². The maximum atomic E-state index is 12.0. The van der Waals surface area contributed by atoms with Gasteiger partial charge in [0.15, 0.2) is 11.8 Å². The Bertz CT molecular complexity index is 350. The van der Waals surface area contributed by atoms with Gasteiger partial charge in [0.2, 0.25) is 0 Å². The fourth-order valence-corrected chi connectivity index (χ4v) is 2.37. The zero-order valence-electron chi connectivity index (χ0n) is 8.52. The van der Waals surface area contributed by atoms with E-state index in [2.05, 4.69) is 10.8 Å². The number of carbonyl (C=O) groups excluding carboxylic acids is 2. The Morgan fingerprint density at radius 2 is 2.20 bits per heavy atom. The van der Waals surface area contributed by atoms with E-state index >= 15 is 0 Å². The van der Waals surface area contributed by atoms with Crippen LogP contribution in [-0.4, -0.2) is 42.9 Å². The number of carbonyl (C=O) groups is 2. The number of Topliss-reactive ketones (excluding diaryl/α,β-unsaturated/α-hetero) is 1. The van der Waals surface area contributed by atoms with Crippen molar-refractivity contribution in [1.82, 2.24) is 4.90 Å². The Morgan fingerprint density at radius 1 is 1.60 bits per heavy atom. The number of nitriles is 1. The molecule has 1 unspecified atom stereocenters. The number of piperidine rings is 3. The van der Waals surface area contributed by atoms with Crippen molar-refractivity contribution in [3.05, 3.63) is 0 Å². The molecule has 0 aromatic carbocycles. The minimum atomic E-state index is -0.937. The maximum Gasteiger partial charge on any atom is 0.330 e. The summed E-state index contributed by atoms with van der Waals surface area (Å²) in [6, 6.07) is 1.23. The highest BCUT2D eigenvalue weighted by atomic mass is 16.5. The highest BCUT2D eigenvalue weighted by molar-refractivity contribution is 6.08. The fourth-order valence-electron chi connectivity index (χ4n) is 2.37. The summed E-state index contributed by atoms with van der Waals surface area (Å²) in [6.07, 6.45) is 1.08. The molecule has 3 rings (SSSR count). The highest BCUT2D eigenvalue weighted by Gasteiger charge is 2.55. The molecule has 3 saturated heterocycles. The quantitative estimate of drug-likeness (QED) is 0.437. The molecule has 3 fully saturated rings. The minimum Gasteiger partial charge on any atom is -0.468 e. The van der Waals surface area contributed by atoms with Gasteiger partial charge in [-0.1, -0.05) is 0 Å². The molecule has 0 radical (unpaired) electrons. The molecule has 5 nitrogen and oxygen atoms in total. The Kier molecular flexibility index (Phi) is 2.24. The van der Waals surface area contributed by atoms with E-state index in [4.69, 9.17) is 5.26 Å². The number of ketones is 1. The normalized spacial score (nSPS) is 38.5. The molecule has 0 aromatic heterocycles. The van der Waals surface area contributed by atoms with Gasteiger partial charge in [0, 0.05) is 13.1 Å². The molecule has 3 aliphatic heterocycles. The van der Waals surface area contributed by atoms with Crippen LogP contribution in [0.15, 0.2) is 0 Å². The van der Waals surface area contributed by atoms with Crippen molar-refractivity contribution in [1.29, 1.82) is 5.26 Å². The van der Waals surface area contributed by atoms with Crippen LogP contribution in [0, 0.1) is 16.7 Å². The van der Waals surface area contributed by atoms with Gasteiger partial charge in [-0.2, -0.15) is 5.26 Å². The largest absolute Gasteiger partial charge is 0.468 e. The first-order chi connectivity index (χ1) is 7.14. The van der Waals surface area contributed by atoms with Crippen molar-refractivity contribution in [2.24, 2.45) is 5.41 Å². The van der Waals surface area contributed by atoms with Crippen LogP contribution in [0.5, 0.6) is 0 Å². The Labute approximate surface area is 87.6 Å². The molecule has 3 aliphatic rings. The molecule has 1 atom stereocenters. The zero-order chi connectivity index (χ0) is 11.1. The third-order valence-corrected chi connectivity index (χ3v) is 3.38. The number of methoxy groups -OCH3 is 1. The smallest absolute Gasteiger partial charge is 0.330 e. The monoisotopic (exact) mass is 208 g/mol. The van der Waals surface area contributed by atoms with Gasteiger partial charge in [0.05, 0.1) is 13.2 Å². The van der Waals surface area contributed by atoms with E-state index < -0.39 is 17.4 Å². The lowest BCUT2D eigenvalue weighted by atomic mass is 9.69. The first kappa shape index (κ1) is 10.1. The summed E-state index contributed by atoms with van der Waals surface area (Å²) in [6.45, 7) is 1.25. The number of fused-ring (bicyclic) bond motifs is 3. The molecule has 15 heavy (non-hydrogen) atoms. The molecule has 0 amide bonds. The van der Waals surface area contributed by atoms with Crippen LogP contribution in [0.1, 0.15) is 12.8 Å². The van der Waals surface area contributed by atoms with Gasteiger partial charge in [0.25, 0.3) is 0 Å². The first-order valence-corrected chi connectivity index (χ1v) is 4.92. The Hall–Kier alpha value is -1.41. The molecule has 0 saturated carbocycles. The van der Waals surface area contributed by atoms with Gasteiger partial charge in [-0.05, 0) is 12.8 Å². The average Bonchev–Trinajstić information content (AvgIpc) is 2.30. The maximum absolute atomic E-state index is 12.0. The van der Waals surface area contributed by atoms with Crippen molar-refractivity contribution < 1.29 is 14.3 Å². The molecule has 3 heterocycles. The summed E-state index contributed by atoms with van der Waals surface area (Å²) in [5, 5.41) is 9.07. The van der Waals surface area contributed by atoms with Gasteiger partial charge in [-0.15, -0.1) is 0 Å². The van der Waals surface area contributed by atoms with E-state index in [0.717, 1.165) is 0 Å². The van der Waals surface area contributed by atoms with Crippen LogP contribution in [0.2, 0.25) is 0 Å². The molecule has 80 valence electrons. The van der Waals surface area contributed by atoms with Crippen molar-refractivity contribution in [3.8, 4) is 6.07 Å². The molecule has 5 heteroatoms. The summed E-state index contributed by atoms with van der Waals surface area (Å²) in [7, 11) is 1.26. The van der Waals surface area contributed by atoms with Gasteiger partial charge in [-0.25, -0.2) is 4.79 Å². The van der Waals surface area contributed by atoms with Crippen molar-refractivity contribution >= 4 is 11.8 Å². The van der Waals surface area contributed by atoms with Crippen LogP contribution in [0.3, 0.4) is 0 Å². The summed E-state index contributed by atoms with van der Waals surface area (Å²) in [5.41, 5.74) is -0.937. The summed E-state index contributed by atoms with van der Waals surface area (Å²) in [5.74, 6) is -0.826. The van der Waals surface area contributed by atoms with E-state index in [1.54, 1.807) is 4.90 Å². The zero-order valence-corrected chi connectivity index (χ0v) is 8.52. The molecular formula is C10H12N2O3. The van der Waals surface area contributed by atoms with Crippen molar-refractivity contribution in [3.63, 3.8) is 0 Å². The van der Waals surface area contributed by atoms with Gasteiger partial charge in [-0.3, -0.25) is 9.69 Å². The average molecular weight is 208 g/mol. The van der Waals surface area contributed by atoms with E-state index in [-0.39, 0.29) is 5.78 Å². The van der Waals surface area contributed by atoms with Crippen LogP contribution < -0.4 is 0 Å². The topological polar surface area (TPSA) is 70.4 Å². The molecule has 0 aliphatic carbocycles. The Balaban J connectivity index is 2.33. The number of nitrogens with zero attached hydrogens (tertiary/aromatic N) is 2. The summed E-state index contributed by atoms with van der Waals surface area (Å²) >= 11 is 0. The molecular weight excluding hydrogens is 196 g/mol. The Morgan fingerprint density at radius 3 is 2.67 bits per heavy atom. The predicted molar refractivity (Wildman–Crippen MR) is 49.7 cm³/mol. The van der Waals surface area contributed by atoms with Crippen LogP contribution in [0.4, 0.5) is 0 Å². The minimum absolute atomic E-state index is 0.283. The lowest BCUT2D eigenvalue weighted by Crippen LogP contribution is -2.63. The van der Waals surface area contributed by atoms with Gasteiger partial charge in [0.1, 0.15) is 5.41 Å². The van der Waals surface area contributed by atoms with Crippen molar-refractivity contribution in [2.75, 3.05) is 20.2 Å². The fraction of sp³-hybridized carbons (Fsp3) is 0.700. The van der Waals surface area contributed by atoms with Gasteiger partial charge >= 0.3 is 5.97 Å². The summed E-state index contributed by atoms with van der Waals surface area (Å²) in [4.78, 5) is 25.2. The third-order valence-electron chi connectivity index (χ3n) is 3.38. The van der Waals surface area contributed by atoms with Crippen LogP contribution in [-0.2, 0) is 14.3 Å². The second-order valence-electron chi connectivity index (χ2n) is 4.02. The lowest BCUT2D eigenvalue weighted by molar-refractivity contribution is -0.161. The number of esters is 1. The molecule has 0 N–H and O–H groups in total. The van der Waals surface area contributed by atoms with E-state index in [1.165, 1.54) is 7.11 Å². The number of rotatable bonds is 1. The standard InChI is InChI=1S/C10H12N2O3/c1-15-9(14)7-8(13)10(6-11)2-4-12(7)5-3-10/h7H,2-5H2,1H3. The lowest BCUT2D eigenvalue weighted by Gasteiger charge is -2.46. The number of hydrogen-bond donors (Lipinski definition) is 0. The second kappa shape index (κ2) is 3.31. The molecule has 0 aromatic rings. The van der Waals surface area contributed by atoms with E-state index in [0.29, 0.717) is 25.9 Å². The van der Waals surface area contributed by atoms with Gasteiger partial charge < -0.3 is 4.74 Å². The third kappa shape index (κ3) is 1.25. The van der Waals surface area contributed by atoms with Crippen LogP contribution in [0.25, 0.3) is 0 Å². The molecule has 2 bridgehead atoms. The second-order valence-corrected chi connectivity index (χ2v) is 4.02. The van der Waals surface area contributed by atoms with Crippen LogP contribution >= 0.6 is 0 Å². The SMILES string of the molecule is COC(=O)C1C(=O)C2(C#N)CCN1CC2. The predicted octanol–water partition coefficient (Wildman–Crippen LogP) is -0.284. The summed E-state index contributed by atoms with van der Waals surface area (Å²) < 4.78 is 4.59. The number of ether oxygens (including phenoxy) is 1. The molecule has 0 spiro atoms.